The zero-order chi connectivity index (χ0) is 33.8. The zero-order valence-corrected chi connectivity index (χ0v) is 28.9. The molecule has 3 heterocycles. The molecule has 252 valence electrons. The highest BCUT2D eigenvalue weighted by Crippen LogP contribution is 2.61. The SMILES string of the molecule is C=CCCC(=O)N(C)[C@H](C)[C@H](OC(=O)[C@H]1[C@@H]2O[C@@]3(CC2Br)[C@@H]1C(=O)N([C@H](C)CO)[C@@H]3C(=O)N(CC=C)CCCC)c1ccccc1. The van der Waals surface area contributed by atoms with Crippen molar-refractivity contribution in [1.82, 2.24) is 14.7 Å². The van der Waals surface area contributed by atoms with E-state index < -0.39 is 59.6 Å². The van der Waals surface area contributed by atoms with Crippen LogP contribution in [0.5, 0.6) is 0 Å². The number of aliphatic hydroxyl groups excluding tert-OH is 1. The molecular weight excluding hydrogens is 654 g/mol. The largest absolute Gasteiger partial charge is 0.455 e. The Kier molecular flexibility index (Phi) is 11.9. The second-order valence-corrected chi connectivity index (χ2v) is 13.9. The van der Waals surface area contributed by atoms with Gasteiger partial charge in [0.15, 0.2) is 0 Å². The van der Waals surface area contributed by atoms with Gasteiger partial charge in [0.1, 0.15) is 17.7 Å². The van der Waals surface area contributed by atoms with Crippen LogP contribution in [0.1, 0.15) is 64.5 Å². The second kappa shape index (κ2) is 15.3. The molecule has 0 saturated carbocycles. The number of unbranched alkanes of at least 4 members (excludes halogenated alkanes) is 1. The minimum Gasteiger partial charge on any atom is -0.455 e. The van der Waals surface area contributed by atoms with Crippen LogP contribution in [0.15, 0.2) is 55.6 Å². The summed E-state index contributed by atoms with van der Waals surface area (Å²) in [7, 11) is 1.68. The Hall–Kier alpha value is -3.02. The summed E-state index contributed by atoms with van der Waals surface area (Å²) < 4.78 is 12.9. The van der Waals surface area contributed by atoms with Crippen LogP contribution in [0.2, 0.25) is 0 Å². The molecule has 1 unspecified atom stereocenters. The number of ether oxygens (including phenoxy) is 2. The van der Waals surface area contributed by atoms with Gasteiger partial charge in [0, 0.05) is 31.4 Å². The van der Waals surface area contributed by atoms with Crippen molar-refractivity contribution in [3.63, 3.8) is 0 Å². The minimum absolute atomic E-state index is 0.111. The van der Waals surface area contributed by atoms with Gasteiger partial charge in [-0.1, -0.05) is 71.8 Å². The summed E-state index contributed by atoms with van der Waals surface area (Å²) in [6.07, 6.45) is 4.61. The quantitative estimate of drug-likeness (QED) is 0.157. The summed E-state index contributed by atoms with van der Waals surface area (Å²) in [4.78, 5) is 60.4. The van der Waals surface area contributed by atoms with Crippen LogP contribution >= 0.6 is 15.9 Å². The molecule has 9 atom stereocenters. The maximum Gasteiger partial charge on any atom is 0.313 e. The number of hydrogen-bond acceptors (Lipinski definition) is 7. The van der Waals surface area contributed by atoms with Gasteiger partial charge >= 0.3 is 5.97 Å². The number of allylic oxidation sites excluding steroid dienone is 1. The fourth-order valence-electron chi connectivity index (χ4n) is 7.27. The van der Waals surface area contributed by atoms with E-state index in [0.717, 1.165) is 12.8 Å². The molecule has 2 bridgehead atoms. The van der Waals surface area contributed by atoms with Gasteiger partial charge in [-0.05, 0) is 38.7 Å². The number of fused-ring (bicyclic) bond motifs is 1. The van der Waals surface area contributed by atoms with E-state index >= 15 is 0 Å². The van der Waals surface area contributed by atoms with Crippen molar-refractivity contribution in [3.05, 3.63) is 61.2 Å². The molecule has 10 nitrogen and oxygen atoms in total. The van der Waals surface area contributed by atoms with E-state index in [2.05, 4.69) is 29.1 Å². The number of amides is 3. The number of likely N-dealkylation sites (tertiary alicyclic amines) is 1. The van der Waals surface area contributed by atoms with E-state index in [1.165, 1.54) is 4.90 Å². The van der Waals surface area contributed by atoms with Gasteiger partial charge in [0.25, 0.3) is 0 Å². The maximum absolute atomic E-state index is 14.4. The van der Waals surface area contributed by atoms with Gasteiger partial charge in [0.2, 0.25) is 17.7 Å². The first-order valence-electron chi connectivity index (χ1n) is 16.3. The Labute approximate surface area is 280 Å². The lowest BCUT2D eigenvalue weighted by atomic mass is 9.70. The number of likely N-dealkylation sites (N-methyl/N-ethyl adjacent to an activating group) is 1. The highest BCUT2D eigenvalue weighted by atomic mass is 79.9. The van der Waals surface area contributed by atoms with Crippen molar-refractivity contribution in [2.45, 2.75) is 93.6 Å². The lowest BCUT2D eigenvalue weighted by molar-refractivity contribution is -0.165. The van der Waals surface area contributed by atoms with Gasteiger partial charge in [-0.3, -0.25) is 19.2 Å². The number of halogens is 1. The Balaban J connectivity index is 1.71. The molecule has 3 saturated heterocycles. The smallest absolute Gasteiger partial charge is 0.313 e. The number of rotatable bonds is 16. The average Bonchev–Trinajstić information content (AvgIpc) is 3.66. The van der Waals surface area contributed by atoms with Crippen LogP contribution in [0, 0.1) is 11.8 Å². The number of nitrogens with zero attached hydrogens (tertiary/aromatic N) is 3. The van der Waals surface area contributed by atoms with Crippen molar-refractivity contribution >= 4 is 39.6 Å². The number of esters is 1. The highest BCUT2D eigenvalue weighted by Gasteiger charge is 2.77. The van der Waals surface area contributed by atoms with E-state index in [0.29, 0.717) is 31.5 Å². The van der Waals surface area contributed by atoms with Gasteiger partial charge in [-0.2, -0.15) is 0 Å². The standard InChI is InChI=1S/C35H48BrN3O7/c1-7-10-17-26(41)37(6)23(5)29(24-15-13-12-14-16-24)45-34(44)27-28-32(42)39(22(4)21-40)31(35(28)20-25(36)30(27)46-35)33(43)38(18-9-3)19-11-8-2/h7,9,12-16,22-23,25,27-31,40H,1,3,8,10-11,17-21H2,2,4-6H3/t22-,23-,25?,27-,28+,29+,30-,31-,35+/m1/s1. The molecule has 11 heteroatoms. The summed E-state index contributed by atoms with van der Waals surface area (Å²) in [5, 5.41) is 10.2. The van der Waals surface area contributed by atoms with Gasteiger partial charge in [-0.25, -0.2) is 0 Å². The van der Waals surface area contributed by atoms with Crippen molar-refractivity contribution in [2.24, 2.45) is 11.8 Å². The van der Waals surface area contributed by atoms with Crippen molar-refractivity contribution in [2.75, 3.05) is 26.7 Å². The van der Waals surface area contributed by atoms with E-state index in [1.54, 1.807) is 35.9 Å². The number of carbonyl (C=O) groups is 4. The molecule has 46 heavy (non-hydrogen) atoms. The number of hydrogen-bond donors (Lipinski definition) is 1. The minimum atomic E-state index is -1.28. The first-order valence-corrected chi connectivity index (χ1v) is 17.2. The van der Waals surface area contributed by atoms with Crippen LogP contribution in [-0.2, 0) is 28.7 Å². The molecule has 3 amide bonds. The Morgan fingerprint density at radius 1 is 1.22 bits per heavy atom. The Bertz CT molecular complexity index is 1290. The van der Waals surface area contributed by atoms with Crippen LogP contribution in [0.4, 0.5) is 0 Å². The number of aliphatic hydroxyl groups is 1. The molecule has 3 aliphatic rings. The molecule has 0 radical (unpaired) electrons. The molecule has 3 aliphatic heterocycles. The lowest BCUT2D eigenvalue weighted by Gasteiger charge is -2.38. The first-order chi connectivity index (χ1) is 22.0. The summed E-state index contributed by atoms with van der Waals surface area (Å²) in [6.45, 7) is 13.5. The molecule has 1 aromatic carbocycles. The Morgan fingerprint density at radius 3 is 2.52 bits per heavy atom. The predicted molar refractivity (Wildman–Crippen MR) is 178 cm³/mol. The van der Waals surface area contributed by atoms with Crippen LogP contribution in [0.3, 0.4) is 0 Å². The van der Waals surface area contributed by atoms with E-state index in [4.69, 9.17) is 9.47 Å². The normalized spacial score (nSPS) is 28.3. The van der Waals surface area contributed by atoms with Crippen molar-refractivity contribution in [3.8, 4) is 0 Å². The molecule has 0 aliphatic carbocycles. The fraction of sp³-hybridized carbons (Fsp3) is 0.600. The predicted octanol–water partition coefficient (Wildman–Crippen LogP) is 4.03. The van der Waals surface area contributed by atoms with Crippen LogP contribution in [-0.4, -0.2) is 105 Å². The van der Waals surface area contributed by atoms with Crippen molar-refractivity contribution < 1.29 is 33.8 Å². The fourth-order valence-corrected chi connectivity index (χ4v) is 8.21. The molecule has 4 rings (SSSR count). The van der Waals surface area contributed by atoms with Gasteiger partial charge < -0.3 is 29.3 Å². The van der Waals surface area contributed by atoms with Crippen LogP contribution in [0.25, 0.3) is 0 Å². The zero-order valence-electron chi connectivity index (χ0n) is 27.3. The monoisotopic (exact) mass is 701 g/mol. The number of benzene rings is 1. The van der Waals surface area contributed by atoms with Crippen molar-refractivity contribution in [1.29, 1.82) is 0 Å². The van der Waals surface area contributed by atoms with E-state index in [9.17, 15) is 24.3 Å². The van der Waals surface area contributed by atoms with E-state index in [-0.39, 0.29) is 29.7 Å². The molecule has 1 spiro atoms. The third-order valence-electron chi connectivity index (χ3n) is 9.79. The van der Waals surface area contributed by atoms with E-state index in [1.807, 2.05) is 44.2 Å². The molecule has 1 aromatic rings. The molecule has 0 aromatic heterocycles. The van der Waals surface area contributed by atoms with Crippen LogP contribution < -0.4 is 0 Å². The third-order valence-corrected chi connectivity index (χ3v) is 10.6. The molecular formula is C35H48BrN3O7. The van der Waals surface area contributed by atoms with Gasteiger partial charge in [-0.15, -0.1) is 13.2 Å². The summed E-state index contributed by atoms with van der Waals surface area (Å²) in [6, 6.07) is 6.98. The summed E-state index contributed by atoms with van der Waals surface area (Å²) in [5.74, 6) is -3.40. The second-order valence-electron chi connectivity index (χ2n) is 12.7. The summed E-state index contributed by atoms with van der Waals surface area (Å²) >= 11 is 3.71. The summed E-state index contributed by atoms with van der Waals surface area (Å²) in [5.41, 5.74) is -0.574. The lowest BCUT2D eigenvalue weighted by Crippen LogP contribution is -2.58. The maximum atomic E-state index is 14.4. The third kappa shape index (κ3) is 6.55. The average molecular weight is 703 g/mol. The molecule has 1 N–H and O–H groups in total. The first kappa shape index (κ1) is 35.8. The topological polar surface area (TPSA) is 117 Å². The van der Waals surface area contributed by atoms with Gasteiger partial charge in [0.05, 0.1) is 36.6 Å². The number of alkyl halides is 1. The molecule has 3 fully saturated rings. The highest BCUT2D eigenvalue weighted by molar-refractivity contribution is 9.09. The Morgan fingerprint density at radius 2 is 1.91 bits per heavy atom. The number of carbonyl (C=O) groups excluding carboxylic acids is 4.